The van der Waals surface area contributed by atoms with Crippen LogP contribution in [-0.4, -0.2) is 23.6 Å². The monoisotopic (exact) mass is 296 g/mol. The first-order valence-corrected chi connectivity index (χ1v) is 8.07. The Labute approximate surface area is 124 Å². The number of thiazole rings is 1. The van der Waals surface area contributed by atoms with E-state index in [1.165, 1.54) is 4.88 Å². The number of ether oxygens (including phenoxy) is 1. The maximum absolute atomic E-state index is 11.9. The molecule has 0 bridgehead atoms. The summed E-state index contributed by atoms with van der Waals surface area (Å²) in [7, 11) is 0. The van der Waals surface area contributed by atoms with Crippen LogP contribution in [0.3, 0.4) is 0 Å². The fourth-order valence-corrected chi connectivity index (χ4v) is 3.29. The summed E-state index contributed by atoms with van der Waals surface area (Å²) in [6, 6.07) is 0.329. The molecule has 0 radical (unpaired) electrons. The molecule has 1 aliphatic carbocycles. The molecule has 0 aromatic carbocycles. The van der Waals surface area contributed by atoms with Crippen LogP contribution in [0.25, 0.3) is 0 Å². The van der Waals surface area contributed by atoms with E-state index < -0.39 is 0 Å². The predicted octanol–water partition coefficient (Wildman–Crippen LogP) is 3.58. The number of carbonyl (C=O) groups excluding carboxylic acids is 1. The number of hydrogen-bond acceptors (Lipinski definition) is 5. The summed E-state index contributed by atoms with van der Waals surface area (Å²) in [5.41, 5.74) is 1.11. The molecule has 4 nitrogen and oxygen atoms in total. The summed E-state index contributed by atoms with van der Waals surface area (Å²) in [5, 5.41) is 4.38. The van der Waals surface area contributed by atoms with E-state index in [0.29, 0.717) is 12.6 Å². The lowest BCUT2D eigenvalue weighted by atomic mass is 9.88. The normalized spacial score (nSPS) is 19.6. The molecule has 1 aliphatic rings. The molecule has 1 aromatic heterocycles. The molecule has 1 aromatic rings. The van der Waals surface area contributed by atoms with Gasteiger partial charge in [-0.05, 0) is 32.1 Å². The number of nitrogens with zero attached hydrogens (tertiary/aromatic N) is 1. The smallest absolute Gasteiger partial charge is 0.315 e. The van der Waals surface area contributed by atoms with E-state index in [4.69, 9.17) is 4.74 Å². The third-order valence-corrected chi connectivity index (χ3v) is 4.99. The Morgan fingerprint density at radius 3 is 2.85 bits per heavy atom. The molecule has 1 N–H and O–H groups in total. The van der Waals surface area contributed by atoms with Crippen molar-refractivity contribution in [1.82, 2.24) is 4.98 Å². The Bertz CT molecular complexity index is 491. The fraction of sp³-hybridized carbons (Fsp3) is 0.733. The molecule has 112 valence electrons. The number of nitrogens with one attached hydrogen (secondary N) is 1. The highest BCUT2D eigenvalue weighted by Crippen LogP contribution is 2.39. The summed E-state index contributed by atoms with van der Waals surface area (Å²) >= 11 is 1.68. The summed E-state index contributed by atoms with van der Waals surface area (Å²) in [5.74, 6) is -0.298. The van der Waals surface area contributed by atoms with Crippen molar-refractivity contribution in [3.63, 3.8) is 0 Å². The number of hydrogen-bond donors (Lipinski definition) is 1. The number of anilines is 1. The third-order valence-electron chi connectivity index (χ3n) is 3.93. The van der Waals surface area contributed by atoms with Gasteiger partial charge in [0.2, 0.25) is 0 Å². The van der Waals surface area contributed by atoms with E-state index >= 15 is 0 Å². The lowest BCUT2D eigenvalue weighted by molar-refractivity contribution is -0.145. The second-order valence-electron chi connectivity index (χ2n) is 6.40. The Kier molecular flexibility index (Phi) is 4.37. The Balaban J connectivity index is 2.11. The molecule has 0 saturated heterocycles. The highest BCUT2D eigenvalue weighted by atomic mass is 32.1. The second kappa shape index (κ2) is 5.72. The van der Waals surface area contributed by atoms with Gasteiger partial charge in [0.25, 0.3) is 0 Å². The molecule has 0 spiro atoms. The van der Waals surface area contributed by atoms with E-state index in [-0.39, 0.29) is 17.3 Å². The maximum atomic E-state index is 11.9. The SMILES string of the molecule is CCOC(=O)C1CCc2sc(NC(C)C(C)(C)C)nc21. The van der Waals surface area contributed by atoms with Crippen LogP contribution in [0.2, 0.25) is 0 Å². The third kappa shape index (κ3) is 3.14. The minimum absolute atomic E-state index is 0.132. The van der Waals surface area contributed by atoms with Gasteiger partial charge in [-0.3, -0.25) is 4.79 Å². The minimum Gasteiger partial charge on any atom is -0.465 e. The number of esters is 1. The van der Waals surface area contributed by atoms with Crippen molar-refractivity contribution in [1.29, 1.82) is 0 Å². The van der Waals surface area contributed by atoms with Gasteiger partial charge >= 0.3 is 5.97 Å². The highest BCUT2D eigenvalue weighted by molar-refractivity contribution is 7.15. The second-order valence-corrected chi connectivity index (χ2v) is 7.49. The zero-order chi connectivity index (χ0) is 14.9. The van der Waals surface area contributed by atoms with Gasteiger partial charge in [0, 0.05) is 10.9 Å². The molecule has 2 atom stereocenters. The number of carbonyl (C=O) groups is 1. The van der Waals surface area contributed by atoms with Gasteiger partial charge in [0.05, 0.1) is 12.3 Å². The van der Waals surface area contributed by atoms with Crippen LogP contribution in [0.15, 0.2) is 0 Å². The first-order chi connectivity index (χ1) is 9.32. The molecule has 0 fully saturated rings. The molecule has 0 saturated carbocycles. The van der Waals surface area contributed by atoms with Gasteiger partial charge in [-0.25, -0.2) is 4.98 Å². The lowest BCUT2D eigenvalue weighted by Crippen LogP contribution is -2.30. The van der Waals surface area contributed by atoms with Crippen LogP contribution < -0.4 is 5.32 Å². The van der Waals surface area contributed by atoms with Crippen molar-refractivity contribution in [2.45, 2.75) is 59.4 Å². The first kappa shape index (κ1) is 15.3. The average Bonchev–Trinajstić information content (AvgIpc) is 2.87. The molecule has 5 heteroatoms. The van der Waals surface area contributed by atoms with Crippen LogP contribution in [0.1, 0.15) is 57.5 Å². The Morgan fingerprint density at radius 2 is 2.25 bits per heavy atom. The van der Waals surface area contributed by atoms with E-state index in [9.17, 15) is 4.79 Å². The van der Waals surface area contributed by atoms with Gasteiger partial charge in [0.1, 0.15) is 5.92 Å². The Morgan fingerprint density at radius 1 is 1.55 bits per heavy atom. The first-order valence-electron chi connectivity index (χ1n) is 7.25. The van der Waals surface area contributed by atoms with E-state index in [2.05, 4.69) is 38.0 Å². The van der Waals surface area contributed by atoms with Crippen LogP contribution in [0, 0.1) is 5.41 Å². The summed E-state index contributed by atoms with van der Waals surface area (Å²) < 4.78 is 5.13. The molecule has 2 rings (SSSR count). The molecular formula is C15H24N2O2S. The van der Waals surface area contributed by atoms with Crippen LogP contribution >= 0.6 is 11.3 Å². The van der Waals surface area contributed by atoms with Crippen LogP contribution in [-0.2, 0) is 16.0 Å². The Hall–Kier alpha value is -1.10. The zero-order valence-electron chi connectivity index (χ0n) is 12.9. The van der Waals surface area contributed by atoms with Crippen molar-refractivity contribution < 1.29 is 9.53 Å². The number of fused-ring (bicyclic) bond motifs is 1. The number of aryl methyl sites for hydroxylation is 1. The number of rotatable bonds is 4. The van der Waals surface area contributed by atoms with Crippen molar-refractivity contribution in [3.05, 3.63) is 10.6 Å². The molecule has 0 amide bonds. The van der Waals surface area contributed by atoms with Crippen LogP contribution in [0.5, 0.6) is 0 Å². The van der Waals surface area contributed by atoms with E-state index in [1.54, 1.807) is 11.3 Å². The number of aromatic nitrogens is 1. The highest BCUT2D eigenvalue weighted by Gasteiger charge is 2.34. The van der Waals surface area contributed by atoms with Gasteiger partial charge in [0.15, 0.2) is 5.13 Å². The average molecular weight is 296 g/mol. The summed E-state index contributed by atoms with van der Waals surface area (Å²) in [6.07, 6.45) is 1.77. The van der Waals surface area contributed by atoms with Gasteiger partial charge in [-0.1, -0.05) is 20.8 Å². The van der Waals surface area contributed by atoms with E-state index in [0.717, 1.165) is 23.7 Å². The van der Waals surface area contributed by atoms with Gasteiger partial charge in [-0.15, -0.1) is 11.3 Å². The van der Waals surface area contributed by atoms with Crippen LogP contribution in [0.4, 0.5) is 5.13 Å². The predicted molar refractivity (Wildman–Crippen MR) is 82.3 cm³/mol. The topological polar surface area (TPSA) is 51.2 Å². The fourth-order valence-electron chi connectivity index (χ4n) is 2.16. The molecule has 0 aliphatic heterocycles. The summed E-state index contributed by atoms with van der Waals surface area (Å²) in [6.45, 7) is 11.0. The largest absolute Gasteiger partial charge is 0.465 e. The standard InChI is InChI=1S/C15H24N2O2S/c1-6-19-13(18)10-7-8-11-12(10)17-14(20-11)16-9(2)15(3,4)5/h9-10H,6-8H2,1-5H3,(H,16,17). The minimum atomic E-state index is -0.165. The lowest BCUT2D eigenvalue weighted by Gasteiger charge is -2.27. The van der Waals surface area contributed by atoms with E-state index in [1.807, 2.05) is 6.92 Å². The summed E-state index contributed by atoms with van der Waals surface area (Å²) in [4.78, 5) is 17.8. The van der Waals surface area contributed by atoms with Gasteiger partial charge < -0.3 is 10.1 Å². The zero-order valence-corrected chi connectivity index (χ0v) is 13.8. The maximum Gasteiger partial charge on any atom is 0.315 e. The van der Waals surface area contributed by atoms with Crippen molar-refractivity contribution in [3.8, 4) is 0 Å². The van der Waals surface area contributed by atoms with Crippen molar-refractivity contribution in [2.75, 3.05) is 11.9 Å². The van der Waals surface area contributed by atoms with Crippen molar-refractivity contribution >= 4 is 22.4 Å². The quantitative estimate of drug-likeness (QED) is 0.863. The van der Waals surface area contributed by atoms with Crippen molar-refractivity contribution in [2.24, 2.45) is 5.41 Å². The molecule has 2 unspecified atom stereocenters. The molecular weight excluding hydrogens is 272 g/mol. The molecule has 1 heterocycles. The molecule has 20 heavy (non-hydrogen) atoms. The van der Waals surface area contributed by atoms with Gasteiger partial charge in [-0.2, -0.15) is 0 Å².